The van der Waals surface area contributed by atoms with Gasteiger partial charge in [-0.15, -0.1) is 0 Å². The summed E-state index contributed by atoms with van der Waals surface area (Å²) in [5.74, 6) is -0.00459. The zero-order valence-corrected chi connectivity index (χ0v) is 16.3. The van der Waals surface area contributed by atoms with Crippen LogP contribution in [0.15, 0.2) is 12.4 Å². The number of carbonyl (C=O) groups is 2. The summed E-state index contributed by atoms with van der Waals surface area (Å²) in [7, 11) is 0. The number of fused-ring (bicyclic) bond motifs is 2. The van der Waals surface area contributed by atoms with E-state index in [0.717, 1.165) is 0 Å². The molecule has 3 rings (SSSR count). The monoisotopic (exact) mass is 363 g/mol. The van der Waals surface area contributed by atoms with Crippen LogP contribution in [0.25, 0.3) is 0 Å². The third-order valence-corrected chi connectivity index (χ3v) is 4.91. The predicted octanol–water partition coefficient (Wildman–Crippen LogP) is 3.06. The van der Waals surface area contributed by atoms with Crippen LogP contribution in [0.5, 0.6) is 0 Å². The van der Waals surface area contributed by atoms with Gasteiger partial charge < -0.3 is 9.47 Å². The largest absolute Gasteiger partial charge is 0.444 e. The van der Waals surface area contributed by atoms with Crippen molar-refractivity contribution in [2.24, 2.45) is 5.92 Å². The van der Waals surface area contributed by atoms with E-state index >= 15 is 0 Å². The molecule has 0 radical (unpaired) electrons. The minimum atomic E-state index is -0.537. The standard InChI is InChI=1S/C19H29N3O4/c1-12(2)21-9-14(8-20-21)17(23)13-6-15-10-25-11-16(7-13)22(15)18(24)26-19(3,4)5/h8-9,12-13,15-16H,6-7,10-11H2,1-5H3. The lowest BCUT2D eigenvalue weighted by atomic mass is 9.81. The molecule has 2 aliphatic heterocycles. The fourth-order valence-corrected chi connectivity index (χ4v) is 3.73. The maximum absolute atomic E-state index is 12.9. The number of piperidine rings is 1. The van der Waals surface area contributed by atoms with Crippen molar-refractivity contribution < 1.29 is 19.1 Å². The number of carbonyl (C=O) groups excluding carboxylic acids is 2. The summed E-state index contributed by atoms with van der Waals surface area (Å²) in [6.45, 7) is 10.5. The molecule has 7 heteroatoms. The van der Waals surface area contributed by atoms with E-state index in [1.165, 1.54) is 0 Å². The lowest BCUT2D eigenvalue weighted by molar-refractivity contribution is -0.0861. The summed E-state index contributed by atoms with van der Waals surface area (Å²) in [5, 5.41) is 4.27. The Morgan fingerprint density at radius 3 is 2.35 bits per heavy atom. The summed E-state index contributed by atoms with van der Waals surface area (Å²) >= 11 is 0. The summed E-state index contributed by atoms with van der Waals surface area (Å²) in [4.78, 5) is 27.3. The van der Waals surface area contributed by atoms with E-state index < -0.39 is 5.60 Å². The maximum Gasteiger partial charge on any atom is 0.410 e. The first-order valence-corrected chi connectivity index (χ1v) is 9.33. The van der Waals surface area contributed by atoms with E-state index in [1.54, 1.807) is 15.8 Å². The molecule has 2 aliphatic rings. The van der Waals surface area contributed by atoms with Crippen molar-refractivity contribution in [2.75, 3.05) is 13.2 Å². The van der Waals surface area contributed by atoms with Gasteiger partial charge in [-0.05, 0) is 47.5 Å². The molecule has 7 nitrogen and oxygen atoms in total. The van der Waals surface area contributed by atoms with Crippen molar-refractivity contribution in [1.29, 1.82) is 0 Å². The number of nitrogens with zero attached hydrogens (tertiary/aromatic N) is 3. The topological polar surface area (TPSA) is 73.7 Å². The van der Waals surface area contributed by atoms with Crippen LogP contribution in [0, 0.1) is 5.92 Å². The van der Waals surface area contributed by atoms with Crippen LogP contribution in [0.4, 0.5) is 4.79 Å². The second kappa shape index (κ2) is 7.02. The first-order chi connectivity index (χ1) is 12.2. The first kappa shape index (κ1) is 18.9. The fourth-order valence-electron chi connectivity index (χ4n) is 3.73. The summed E-state index contributed by atoms with van der Waals surface area (Å²) in [6, 6.07) is -0.0174. The first-order valence-electron chi connectivity index (χ1n) is 9.33. The average Bonchev–Trinajstić information content (AvgIpc) is 3.01. The Balaban J connectivity index is 1.72. The predicted molar refractivity (Wildman–Crippen MR) is 96.1 cm³/mol. The molecule has 26 heavy (non-hydrogen) atoms. The summed E-state index contributed by atoms with van der Waals surface area (Å²) < 4.78 is 13.0. The number of morpholine rings is 1. The molecule has 0 aliphatic carbocycles. The van der Waals surface area contributed by atoms with Crippen LogP contribution < -0.4 is 0 Å². The smallest absolute Gasteiger partial charge is 0.410 e. The van der Waals surface area contributed by atoms with E-state index in [9.17, 15) is 9.59 Å². The zero-order valence-electron chi connectivity index (χ0n) is 16.3. The Kier molecular flexibility index (Phi) is 5.10. The fraction of sp³-hybridized carbons (Fsp3) is 0.737. The van der Waals surface area contributed by atoms with Crippen LogP contribution >= 0.6 is 0 Å². The molecule has 3 heterocycles. The number of ketones is 1. The highest BCUT2D eigenvalue weighted by atomic mass is 16.6. The molecule has 2 atom stereocenters. The Labute approximate surface area is 154 Å². The molecule has 0 spiro atoms. The second-order valence-corrected chi connectivity index (χ2v) is 8.57. The van der Waals surface area contributed by atoms with Crippen LogP contribution in [0.2, 0.25) is 0 Å². The SMILES string of the molecule is CC(C)n1cc(C(=O)C2CC3COCC(C2)N3C(=O)OC(C)(C)C)cn1. The van der Waals surface area contributed by atoms with Crippen LogP contribution in [-0.2, 0) is 9.47 Å². The van der Waals surface area contributed by atoms with Crippen LogP contribution in [0.1, 0.15) is 63.9 Å². The van der Waals surface area contributed by atoms with Gasteiger partial charge in [0, 0.05) is 18.2 Å². The third kappa shape index (κ3) is 3.92. The van der Waals surface area contributed by atoms with Crippen LogP contribution in [0.3, 0.4) is 0 Å². The molecule has 144 valence electrons. The van der Waals surface area contributed by atoms with Crippen molar-refractivity contribution in [3.63, 3.8) is 0 Å². The van der Waals surface area contributed by atoms with E-state index in [2.05, 4.69) is 5.10 Å². The van der Waals surface area contributed by atoms with E-state index in [-0.39, 0.29) is 35.9 Å². The Bertz CT molecular complexity index is 663. The number of Topliss-reactive ketones (excluding diaryl/α,β-unsaturated/α-hetero) is 1. The van der Waals surface area contributed by atoms with Gasteiger partial charge in [0.2, 0.25) is 0 Å². The molecular formula is C19H29N3O4. The highest BCUT2D eigenvalue weighted by molar-refractivity contribution is 5.97. The molecule has 1 aromatic rings. The van der Waals surface area contributed by atoms with Crippen molar-refractivity contribution >= 4 is 11.9 Å². The van der Waals surface area contributed by atoms with Gasteiger partial charge in [-0.25, -0.2) is 4.79 Å². The normalized spacial score (nSPS) is 26.1. The Morgan fingerprint density at radius 2 is 1.85 bits per heavy atom. The molecular weight excluding hydrogens is 334 g/mol. The van der Waals surface area contributed by atoms with Crippen molar-refractivity contribution in [3.05, 3.63) is 18.0 Å². The molecule has 0 saturated carbocycles. The summed E-state index contributed by atoms with van der Waals surface area (Å²) in [6.07, 6.45) is 4.35. The lowest BCUT2D eigenvalue weighted by Crippen LogP contribution is -2.60. The summed E-state index contributed by atoms with van der Waals surface area (Å²) in [5.41, 5.74) is 0.109. The molecule has 1 aromatic heterocycles. The number of rotatable bonds is 3. The number of hydrogen-bond donors (Lipinski definition) is 0. The van der Waals surface area contributed by atoms with Gasteiger partial charge in [-0.2, -0.15) is 5.10 Å². The van der Waals surface area contributed by atoms with E-state index in [4.69, 9.17) is 9.47 Å². The third-order valence-electron chi connectivity index (χ3n) is 4.91. The second-order valence-electron chi connectivity index (χ2n) is 8.57. The van der Waals surface area contributed by atoms with Gasteiger partial charge in [0.1, 0.15) is 5.60 Å². The molecule has 1 amide bonds. The van der Waals surface area contributed by atoms with Gasteiger partial charge in [0.05, 0.1) is 37.1 Å². The molecule has 2 unspecified atom stereocenters. The minimum Gasteiger partial charge on any atom is -0.444 e. The van der Waals surface area contributed by atoms with E-state index in [0.29, 0.717) is 31.6 Å². The maximum atomic E-state index is 12.9. The van der Waals surface area contributed by atoms with Gasteiger partial charge in [0.15, 0.2) is 5.78 Å². The van der Waals surface area contributed by atoms with Gasteiger partial charge in [-0.3, -0.25) is 14.4 Å². The molecule has 2 saturated heterocycles. The lowest BCUT2D eigenvalue weighted by Gasteiger charge is -2.47. The molecule has 2 fully saturated rings. The van der Waals surface area contributed by atoms with Gasteiger partial charge >= 0.3 is 6.09 Å². The molecule has 0 N–H and O–H groups in total. The molecule has 0 aromatic carbocycles. The number of amides is 1. The zero-order chi connectivity index (χ0) is 19.1. The van der Waals surface area contributed by atoms with Gasteiger partial charge in [0.25, 0.3) is 0 Å². The van der Waals surface area contributed by atoms with Crippen molar-refractivity contribution in [1.82, 2.24) is 14.7 Å². The Hall–Kier alpha value is -1.89. The molecule has 2 bridgehead atoms. The minimum absolute atomic E-state index is 0.109. The number of aromatic nitrogens is 2. The quantitative estimate of drug-likeness (QED) is 0.772. The Morgan fingerprint density at radius 1 is 1.23 bits per heavy atom. The van der Waals surface area contributed by atoms with Crippen molar-refractivity contribution in [3.8, 4) is 0 Å². The number of ether oxygens (including phenoxy) is 2. The highest BCUT2D eigenvalue weighted by Gasteiger charge is 2.45. The average molecular weight is 363 g/mol. The van der Waals surface area contributed by atoms with Crippen LogP contribution in [-0.4, -0.2) is 57.5 Å². The highest BCUT2D eigenvalue weighted by Crippen LogP contribution is 2.34. The van der Waals surface area contributed by atoms with E-state index in [1.807, 2.05) is 40.8 Å². The van der Waals surface area contributed by atoms with Crippen molar-refractivity contribution in [2.45, 2.75) is 71.2 Å². The van der Waals surface area contributed by atoms with Gasteiger partial charge in [-0.1, -0.05) is 0 Å². The number of hydrogen-bond acceptors (Lipinski definition) is 5.